The molecule has 5 nitrogen and oxygen atoms in total. The molecule has 1 saturated heterocycles. The maximum Gasteiger partial charge on any atom is 0.269 e. The highest BCUT2D eigenvalue weighted by Crippen LogP contribution is 2.31. The summed E-state index contributed by atoms with van der Waals surface area (Å²) in [5.74, 6) is 1.60. The highest BCUT2D eigenvalue weighted by atomic mass is 32.1. The lowest BCUT2D eigenvalue weighted by molar-refractivity contribution is 0.0773. The first-order valence-electron chi connectivity index (χ1n) is 7.38. The molecule has 3 heterocycles. The van der Waals surface area contributed by atoms with Crippen molar-refractivity contribution in [1.29, 1.82) is 0 Å². The van der Waals surface area contributed by atoms with Crippen molar-refractivity contribution in [2.45, 2.75) is 46.0 Å². The van der Waals surface area contributed by atoms with E-state index >= 15 is 0 Å². The van der Waals surface area contributed by atoms with E-state index in [2.05, 4.69) is 35.9 Å². The van der Waals surface area contributed by atoms with Crippen LogP contribution in [0.15, 0.2) is 10.7 Å². The Labute approximate surface area is 128 Å². The second kappa shape index (κ2) is 5.85. The first-order chi connectivity index (χ1) is 10.0. The molecule has 6 heteroatoms. The summed E-state index contributed by atoms with van der Waals surface area (Å²) in [6.45, 7) is 8.16. The number of hydrogen-bond donors (Lipinski definition) is 0. The van der Waals surface area contributed by atoms with Crippen LogP contribution >= 0.6 is 11.3 Å². The number of thiazole rings is 1. The predicted octanol–water partition coefficient (Wildman–Crippen LogP) is 3.68. The van der Waals surface area contributed by atoms with Gasteiger partial charge in [0.1, 0.15) is 4.88 Å². The zero-order valence-electron chi connectivity index (χ0n) is 12.8. The molecule has 0 bridgehead atoms. The Bertz CT molecular complexity index is 594. The van der Waals surface area contributed by atoms with Crippen molar-refractivity contribution in [3.05, 3.63) is 17.0 Å². The fourth-order valence-corrected chi connectivity index (χ4v) is 3.53. The Balaban J connectivity index is 1.74. The van der Waals surface area contributed by atoms with Crippen LogP contribution in [0.2, 0.25) is 0 Å². The van der Waals surface area contributed by atoms with Gasteiger partial charge in [0.15, 0.2) is 5.82 Å². The summed E-state index contributed by atoms with van der Waals surface area (Å²) in [6.07, 6.45) is 4.91. The molecule has 0 amide bonds. The van der Waals surface area contributed by atoms with Crippen molar-refractivity contribution in [2.24, 2.45) is 5.41 Å². The highest BCUT2D eigenvalue weighted by molar-refractivity contribution is 7.15. The summed E-state index contributed by atoms with van der Waals surface area (Å²) in [4.78, 5) is 9.94. The quantitative estimate of drug-likeness (QED) is 0.865. The average molecular weight is 307 g/mol. The SMILES string of the molecule is CC(C)(C)Cc1ncc(-c2nc(C3CCCOC3)no2)s1. The molecule has 0 spiro atoms. The molecule has 1 atom stereocenters. The van der Waals surface area contributed by atoms with E-state index in [9.17, 15) is 0 Å². The fraction of sp³-hybridized carbons (Fsp3) is 0.667. The molecule has 0 radical (unpaired) electrons. The highest BCUT2D eigenvalue weighted by Gasteiger charge is 2.23. The lowest BCUT2D eigenvalue weighted by Gasteiger charge is -2.18. The molecule has 114 valence electrons. The van der Waals surface area contributed by atoms with Crippen molar-refractivity contribution < 1.29 is 9.26 Å². The third-order valence-corrected chi connectivity index (χ3v) is 4.40. The van der Waals surface area contributed by atoms with E-state index in [0.717, 1.165) is 41.6 Å². The molecule has 21 heavy (non-hydrogen) atoms. The third-order valence-electron chi connectivity index (χ3n) is 3.41. The lowest BCUT2D eigenvalue weighted by atomic mass is 9.93. The normalized spacial score (nSPS) is 19.9. The molecule has 2 aromatic heterocycles. The number of nitrogens with zero attached hydrogens (tertiary/aromatic N) is 3. The van der Waals surface area contributed by atoms with Crippen molar-refractivity contribution >= 4 is 11.3 Å². The molecule has 2 aromatic rings. The van der Waals surface area contributed by atoms with Crippen LogP contribution in [0.25, 0.3) is 10.8 Å². The summed E-state index contributed by atoms with van der Waals surface area (Å²) < 4.78 is 10.9. The largest absolute Gasteiger partial charge is 0.381 e. The van der Waals surface area contributed by atoms with Crippen LogP contribution in [0, 0.1) is 5.41 Å². The zero-order valence-corrected chi connectivity index (χ0v) is 13.6. The smallest absolute Gasteiger partial charge is 0.269 e. The summed E-state index contributed by atoms with van der Waals surface area (Å²) in [5.41, 5.74) is 0.231. The topological polar surface area (TPSA) is 61.0 Å². The lowest BCUT2D eigenvalue weighted by Crippen LogP contribution is -2.16. The minimum atomic E-state index is 0.231. The third kappa shape index (κ3) is 3.68. The van der Waals surface area contributed by atoms with Crippen LogP contribution in [-0.4, -0.2) is 28.3 Å². The van der Waals surface area contributed by atoms with Gasteiger partial charge in [-0.3, -0.25) is 0 Å². The van der Waals surface area contributed by atoms with Gasteiger partial charge in [0.2, 0.25) is 0 Å². The van der Waals surface area contributed by atoms with Crippen LogP contribution in [0.3, 0.4) is 0 Å². The van der Waals surface area contributed by atoms with Crippen molar-refractivity contribution in [1.82, 2.24) is 15.1 Å². The van der Waals surface area contributed by atoms with Gasteiger partial charge in [0.05, 0.1) is 17.8 Å². The van der Waals surface area contributed by atoms with Crippen LogP contribution in [0.5, 0.6) is 0 Å². The minimum absolute atomic E-state index is 0.231. The van der Waals surface area contributed by atoms with Gasteiger partial charge in [-0.05, 0) is 18.3 Å². The number of aromatic nitrogens is 3. The van der Waals surface area contributed by atoms with Crippen LogP contribution in [-0.2, 0) is 11.2 Å². The van der Waals surface area contributed by atoms with Gasteiger partial charge < -0.3 is 9.26 Å². The number of rotatable bonds is 3. The molecule has 1 aliphatic heterocycles. The van der Waals surface area contributed by atoms with Crippen molar-refractivity contribution in [2.75, 3.05) is 13.2 Å². The number of ether oxygens (including phenoxy) is 1. The summed E-state index contributed by atoms with van der Waals surface area (Å²) >= 11 is 1.63. The standard InChI is InChI=1S/C15H21N3O2S/c1-15(2,3)7-12-16-8-11(21-12)14-17-13(18-20-14)10-5-4-6-19-9-10/h8,10H,4-7,9H2,1-3H3. The van der Waals surface area contributed by atoms with Gasteiger partial charge in [0.25, 0.3) is 5.89 Å². The molecule has 0 aromatic carbocycles. The van der Waals surface area contributed by atoms with E-state index < -0.39 is 0 Å². The van der Waals surface area contributed by atoms with Crippen LogP contribution < -0.4 is 0 Å². The van der Waals surface area contributed by atoms with Crippen molar-refractivity contribution in [3.8, 4) is 10.8 Å². The van der Waals surface area contributed by atoms with Gasteiger partial charge in [-0.15, -0.1) is 11.3 Å². The Morgan fingerprint density at radius 3 is 2.95 bits per heavy atom. The first kappa shape index (κ1) is 14.7. The predicted molar refractivity (Wildman–Crippen MR) is 81.4 cm³/mol. The van der Waals surface area contributed by atoms with Gasteiger partial charge in [-0.2, -0.15) is 4.98 Å². The van der Waals surface area contributed by atoms with E-state index in [1.54, 1.807) is 11.3 Å². The Kier molecular flexibility index (Phi) is 4.08. The summed E-state index contributed by atoms with van der Waals surface area (Å²) in [7, 11) is 0. The van der Waals surface area contributed by atoms with E-state index in [0.29, 0.717) is 12.5 Å². The fourth-order valence-electron chi connectivity index (χ4n) is 2.39. The Morgan fingerprint density at radius 1 is 1.38 bits per heavy atom. The molecular formula is C15H21N3O2S. The Morgan fingerprint density at radius 2 is 2.24 bits per heavy atom. The van der Waals surface area contributed by atoms with Gasteiger partial charge in [0, 0.05) is 18.9 Å². The second-order valence-corrected chi connectivity index (χ2v) is 7.84. The van der Waals surface area contributed by atoms with Crippen LogP contribution in [0.1, 0.15) is 50.4 Å². The summed E-state index contributed by atoms with van der Waals surface area (Å²) in [5, 5.41) is 5.22. The minimum Gasteiger partial charge on any atom is -0.381 e. The zero-order chi connectivity index (χ0) is 14.9. The van der Waals surface area contributed by atoms with E-state index in [4.69, 9.17) is 9.26 Å². The van der Waals surface area contributed by atoms with E-state index in [1.807, 2.05) is 6.20 Å². The summed E-state index contributed by atoms with van der Waals surface area (Å²) in [6, 6.07) is 0. The van der Waals surface area contributed by atoms with Gasteiger partial charge in [-0.1, -0.05) is 25.9 Å². The molecular weight excluding hydrogens is 286 g/mol. The Hall–Kier alpha value is -1.27. The van der Waals surface area contributed by atoms with Gasteiger partial charge >= 0.3 is 0 Å². The molecule has 1 aliphatic rings. The second-order valence-electron chi connectivity index (χ2n) is 6.73. The molecule has 1 unspecified atom stereocenters. The molecule has 0 saturated carbocycles. The molecule has 1 fully saturated rings. The monoisotopic (exact) mass is 307 g/mol. The van der Waals surface area contributed by atoms with Gasteiger partial charge in [-0.25, -0.2) is 4.98 Å². The van der Waals surface area contributed by atoms with E-state index in [1.165, 1.54) is 0 Å². The van der Waals surface area contributed by atoms with E-state index in [-0.39, 0.29) is 11.3 Å². The molecule has 0 aliphatic carbocycles. The first-order valence-corrected chi connectivity index (χ1v) is 8.19. The van der Waals surface area contributed by atoms with Crippen molar-refractivity contribution in [3.63, 3.8) is 0 Å². The maximum absolute atomic E-state index is 5.48. The number of hydrogen-bond acceptors (Lipinski definition) is 6. The molecule has 3 rings (SSSR count). The average Bonchev–Trinajstić information content (AvgIpc) is 3.06. The molecule has 0 N–H and O–H groups in total. The van der Waals surface area contributed by atoms with Crippen LogP contribution in [0.4, 0.5) is 0 Å². The maximum atomic E-state index is 5.48.